The molecule has 5 heteroatoms. The number of rotatable bonds is 4. The number of nitrogens with zero attached hydrogens (tertiary/aromatic N) is 1. The Morgan fingerprint density at radius 3 is 2.58 bits per heavy atom. The lowest BCUT2D eigenvalue weighted by atomic mass is 10.1. The standard InChI is InChI=1S/C21H24N2O2.ClH/c24-21(23-13-12-17-10-11-18(14-23)22-17)15-25-20-9-5-4-8-19(20)16-6-2-1-3-7-16;/h1-9,17-18,22H,10-15H2;1H. The number of halogens is 1. The molecule has 2 aliphatic heterocycles. The molecule has 1 N–H and O–H groups in total. The van der Waals surface area contributed by atoms with Crippen molar-refractivity contribution < 1.29 is 9.53 Å². The first-order valence-electron chi connectivity index (χ1n) is 9.10. The van der Waals surface area contributed by atoms with Crippen molar-refractivity contribution in [2.45, 2.75) is 31.3 Å². The van der Waals surface area contributed by atoms with Crippen molar-refractivity contribution in [2.24, 2.45) is 0 Å². The predicted octanol–water partition coefficient (Wildman–Crippen LogP) is 3.51. The molecule has 1 amide bonds. The third-order valence-corrected chi connectivity index (χ3v) is 5.20. The zero-order valence-corrected chi connectivity index (χ0v) is 15.6. The molecule has 2 fully saturated rings. The summed E-state index contributed by atoms with van der Waals surface area (Å²) < 4.78 is 5.92. The molecule has 0 aromatic heterocycles. The van der Waals surface area contributed by atoms with Gasteiger partial charge in [0.25, 0.3) is 5.91 Å². The van der Waals surface area contributed by atoms with Crippen LogP contribution in [0.5, 0.6) is 5.75 Å². The van der Waals surface area contributed by atoms with Crippen LogP contribution in [-0.4, -0.2) is 42.6 Å². The Hall–Kier alpha value is -2.04. The van der Waals surface area contributed by atoms with E-state index in [4.69, 9.17) is 4.74 Å². The van der Waals surface area contributed by atoms with Crippen LogP contribution in [0.25, 0.3) is 11.1 Å². The Morgan fingerprint density at radius 2 is 1.73 bits per heavy atom. The molecule has 0 spiro atoms. The summed E-state index contributed by atoms with van der Waals surface area (Å²) in [7, 11) is 0. The lowest BCUT2D eigenvalue weighted by Crippen LogP contribution is -2.41. The van der Waals surface area contributed by atoms with Crippen LogP contribution in [0, 0.1) is 0 Å². The van der Waals surface area contributed by atoms with Crippen molar-refractivity contribution in [3.05, 3.63) is 54.6 Å². The van der Waals surface area contributed by atoms with Gasteiger partial charge in [0.15, 0.2) is 6.61 Å². The van der Waals surface area contributed by atoms with Crippen molar-refractivity contribution in [3.63, 3.8) is 0 Å². The number of benzene rings is 2. The molecule has 2 aromatic rings. The third kappa shape index (κ3) is 4.19. The second-order valence-corrected chi connectivity index (χ2v) is 6.92. The SMILES string of the molecule is Cl.O=C(COc1ccccc1-c1ccccc1)N1CCC2CCC(C1)N2. The maximum atomic E-state index is 12.6. The Bertz CT molecular complexity index is 738. The largest absolute Gasteiger partial charge is 0.483 e. The number of hydrogen-bond acceptors (Lipinski definition) is 3. The van der Waals surface area contributed by atoms with Crippen LogP contribution >= 0.6 is 12.4 Å². The van der Waals surface area contributed by atoms with Crippen LogP contribution in [-0.2, 0) is 4.79 Å². The molecule has 26 heavy (non-hydrogen) atoms. The Balaban J connectivity index is 0.00000196. The number of carbonyl (C=O) groups is 1. The molecule has 2 saturated heterocycles. The van der Waals surface area contributed by atoms with Gasteiger partial charge in [-0.05, 0) is 30.9 Å². The number of ether oxygens (including phenoxy) is 1. The van der Waals surface area contributed by atoms with Crippen molar-refractivity contribution in [3.8, 4) is 16.9 Å². The van der Waals surface area contributed by atoms with E-state index in [2.05, 4.69) is 17.4 Å². The van der Waals surface area contributed by atoms with Crippen molar-refractivity contribution in [1.82, 2.24) is 10.2 Å². The third-order valence-electron chi connectivity index (χ3n) is 5.20. The second-order valence-electron chi connectivity index (χ2n) is 6.92. The summed E-state index contributed by atoms with van der Waals surface area (Å²) >= 11 is 0. The highest BCUT2D eigenvalue weighted by Gasteiger charge is 2.31. The average molecular weight is 373 g/mol. The topological polar surface area (TPSA) is 41.6 Å². The van der Waals surface area contributed by atoms with Crippen LogP contribution in [0.1, 0.15) is 19.3 Å². The minimum absolute atomic E-state index is 0. The summed E-state index contributed by atoms with van der Waals surface area (Å²) in [5, 5.41) is 3.61. The first-order valence-corrected chi connectivity index (χ1v) is 9.10. The van der Waals surface area contributed by atoms with Gasteiger partial charge in [0, 0.05) is 30.7 Å². The fraction of sp³-hybridized carbons (Fsp3) is 0.381. The van der Waals surface area contributed by atoms with Crippen molar-refractivity contribution >= 4 is 18.3 Å². The molecule has 0 saturated carbocycles. The summed E-state index contributed by atoms with van der Waals surface area (Å²) in [6, 6.07) is 19.1. The van der Waals surface area contributed by atoms with Gasteiger partial charge in [-0.3, -0.25) is 4.79 Å². The maximum Gasteiger partial charge on any atom is 0.260 e. The first-order chi connectivity index (χ1) is 12.3. The van der Waals surface area contributed by atoms with E-state index in [0.717, 1.165) is 36.4 Å². The van der Waals surface area contributed by atoms with Gasteiger partial charge < -0.3 is 15.0 Å². The summed E-state index contributed by atoms with van der Waals surface area (Å²) in [5.41, 5.74) is 2.12. The number of likely N-dealkylation sites (tertiary alicyclic amines) is 1. The number of nitrogens with one attached hydrogen (secondary N) is 1. The predicted molar refractivity (Wildman–Crippen MR) is 106 cm³/mol. The molecule has 138 valence electrons. The minimum atomic E-state index is 0. The summed E-state index contributed by atoms with van der Waals surface area (Å²) in [6.07, 6.45) is 3.46. The van der Waals surface area contributed by atoms with E-state index in [1.807, 2.05) is 47.4 Å². The molecule has 2 bridgehead atoms. The van der Waals surface area contributed by atoms with Gasteiger partial charge in [0.05, 0.1) is 0 Å². The van der Waals surface area contributed by atoms with Gasteiger partial charge in [0.1, 0.15) is 5.75 Å². The monoisotopic (exact) mass is 372 g/mol. The van der Waals surface area contributed by atoms with Gasteiger partial charge in [-0.25, -0.2) is 0 Å². The molecule has 2 aromatic carbocycles. The normalized spacial score (nSPS) is 21.6. The van der Waals surface area contributed by atoms with Crippen LogP contribution in [0.3, 0.4) is 0 Å². The summed E-state index contributed by atoms with van der Waals surface area (Å²) in [5.74, 6) is 0.841. The molecule has 4 nitrogen and oxygen atoms in total. The van der Waals surface area contributed by atoms with Gasteiger partial charge in [-0.15, -0.1) is 12.4 Å². The van der Waals surface area contributed by atoms with Crippen molar-refractivity contribution in [1.29, 1.82) is 0 Å². The van der Waals surface area contributed by atoms with E-state index >= 15 is 0 Å². The molecule has 2 aliphatic rings. The van der Waals surface area contributed by atoms with E-state index in [-0.39, 0.29) is 24.9 Å². The van der Waals surface area contributed by atoms with Gasteiger partial charge >= 0.3 is 0 Å². The van der Waals surface area contributed by atoms with E-state index in [1.165, 1.54) is 12.8 Å². The smallest absolute Gasteiger partial charge is 0.260 e. The zero-order chi connectivity index (χ0) is 17.1. The fourth-order valence-corrected chi connectivity index (χ4v) is 3.85. The average Bonchev–Trinajstić information content (AvgIpc) is 2.99. The highest BCUT2D eigenvalue weighted by molar-refractivity contribution is 5.85. The Kier molecular flexibility index (Phi) is 6.17. The highest BCUT2D eigenvalue weighted by Crippen LogP contribution is 2.29. The quantitative estimate of drug-likeness (QED) is 0.893. The minimum Gasteiger partial charge on any atom is -0.483 e. The van der Waals surface area contributed by atoms with Crippen molar-refractivity contribution in [2.75, 3.05) is 19.7 Å². The molecule has 0 aliphatic carbocycles. The van der Waals surface area contributed by atoms with Gasteiger partial charge in [-0.1, -0.05) is 48.5 Å². The molecular weight excluding hydrogens is 348 g/mol. The van der Waals surface area contributed by atoms with E-state index in [1.54, 1.807) is 0 Å². The van der Waals surface area contributed by atoms with E-state index < -0.39 is 0 Å². The molecule has 2 unspecified atom stereocenters. The number of carbonyl (C=O) groups excluding carboxylic acids is 1. The Morgan fingerprint density at radius 1 is 1.00 bits per heavy atom. The number of amides is 1. The summed E-state index contributed by atoms with van der Waals surface area (Å²) in [4.78, 5) is 14.6. The highest BCUT2D eigenvalue weighted by atomic mass is 35.5. The second kappa shape index (κ2) is 8.56. The lowest BCUT2D eigenvalue weighted by Gasteiger charge is -2.24. The maximum absolute atomic E-state index is 12.6. The molecule has 2 heterocycles. The number of para-hydroxylation sites is 1. The summed E-state index contributed by atoms with van der Waals surface area (Å²) in [6.45, 7) is 1.73. The van der Waals surface area contributed by atoms with Gasteiger partial charge in [-0.2, -0.15) is 0 Å². The number of fused-ring (bicyclic) bond motifs is 2. The van der Waals surface area contributed by atoms with Crippen LogP contribution in [0.15, 0.2) is 54.6 Å². The molecule has 2 atom stereocenters. The fourth-order valence-electron chi connectivity index (χ4n) is 3.85. The lowest BCUT2D eigenvalue weighted by molar-refractivity contribution is -0.133. The molecular formula is C21H25ClN2O2. The van der Waals surface area contributed by atoms with Crippen LogP contribution in [0.2, 0.25) is 0 Å². The number of hydrogen-bond donors (Lipinski definition) is 1. The van der Waals surface area contributed by atoms with Gasteiger partial charge in [0.2, 0.25) is 0 Å². The van der Waals surface area contributed by atoms with Crippen LogP contribution in [0.4, 0.5) is 0 Å². The molecule has 4 rings (SSSR count). The van der Waals surface area contributed by atoms with Crippen LogP contribution < -0.4 is 10.1 Å². The van der Waals surface area contributed by atoms with E-state index in [9.17, 15) is 4.79 Å². The zero-order valence-electron chi connectivity index (χ0n) is 14.8. The Labute approximate surface area is 160 Å². The van der Waals surface area contributed by atoms with E-state index in [0.29, 0.717) is 12.1 Å². The molecule has 0 radical (unpaired) electrons. The first kappa shape index (κ1) is 18.7.